The molecule has 4 rings (SSSR count). The highest BCUT2D eigenvalue weighted by Crippen LogP contribution is 2.29. The van der Waals surface area contributed by atoms with Crippen LogP contribution in [0, 0.1) is 5.82 Å². The topological polar surface area (TPSA) is 81.5 Å². The molecule has 174 valence electrons. The molecule has 1 aliphatic carbocycles. The largest absolute Gasteiger partial charge is 0.493 e. The number of para-hydroxylation sites is 1. The van der Waals surface area contributed by atoms with Crippen LogP contribution in [0.2, 0.25) is 0 Å². The number of hydrogen-bond donors (Lipinski definition) is 0. The molecular formula is C24H26FN3O4S. The van der Waals surface area contributed by atoms with E-state index in [1.54, 1.807) is 47.0 Å². The lowest BCUT2D eigenvalue weighted by atomic mass is 10.2. The first kappa shape index (κ1) is 23.0. The van der Waals surface area contributed by atoms with E-state index in [1.165, 1.54) is 18.2 Å². The van der Waals surface area contributed by atoms with E-state index >= 15 is 0 Å². The number of carbonyl (C=O) groups excluding carboxylic acids is 1. The number of sulfone groups is 1. The van der Waals surface area contributed by atoms with E-state index < -0.39 is 9.84 Å². The van der Waals surface area contributed by atoms with Gasteiger partial charge in [-0.25, -0.2) is 17.5 Å². The molecule has 0 bridgehead atoms. The van der Waals surface area contributed by atoms with Gasteiger partial charge in [-0.2, -0.15) is 5.10 Å². The van der Waals surface area contributed by atoms with Gasteiger partial charge in [0.15, 0.2) is 15.5 Å². The molecule has 0 atom stereocenters. The zero-order valence-corrected chi connectivity index (χ0v) is 19.4. The predicted molar refractivity (Wildman–Crippen MR) is 122 cm³/mol. The molecule has 1 aromatic heterocycles. The number of amides is 1. The van der Waals surface area contributed by atoms with Gasteiger partial charge in [-0.05, 0) is 56.0 Å². The van der Waals surface area contributed by atoms with Crippen LogP contribution in [0.5, 0.6) is 5.75 Å². The van der Waals surface area contributed by atoms with Crippen LogP contribution in [0.1, 0.15) is 34.6 Å². The monoisotopic (exact) mass is 471 g/mol. The summed E-state index contributed by atoms with van der Waals surface area (Å²) in [6.07, 6.45) is 4.12. The second kappa shape index (κ2) is 9.35. The van der Waals surface area contributed by atoms with E-state index in [1.807, 2.05) is 0 Å². The molecule has 0 saturated carbocycles. The molecule has 7 nitrogen and oxygen atoms in total. The molecular weight excluding hydrogens is 445 g/mol. The first-order valence-electron chi connectivity index (χ1n) is 10.8. The second-order valence-corrected chi connectivity index (χ2v) is 10.2. The van der Waals surface area contributed by atoms with E-state index in [2.05, 4.69) is 5.10 Å². The number of fused-ring (bicyclic) bond motifs is 1. The number of carbonyl (C=O) groups is 1. The van der Waals surface area contributed by atoms with Crippen LogP contribution in [0.15, 0.2) is 53.4 Å². The van der Waals surface area contributed by atoms with Gasteiger partial charge in [-0.1, -0.05) is 18.2 Å². The Bertz CT molecular complexity index is 1290. The quantitative estimate of drug-likeness (QED) is 0.470. The summed E-state index contributed by atoms with van der Waals surface area (Å²) in [5.41, 5.74) is 2.51. The lowest BCUT2D eigenvalue weighted by molar-refractivity contribution is 0.0780. The Balaban J connectivity index is 1.40. The molecule has 1 heterocycles. The van der Waals surface area contributed by atoms with Crippen LogP contribution >= 0.6 is 0 Å². The third kappa shape index (κ3) is 4.93. The van der Waals surface area contributed by atoms with Gasteiger partial charge >= 0.3 is 0 Å². The minimum absolute atomic E-state index is 0.201. The molecule has 0 spiro atoms. The zero-order chi connectivity index (χ0) is 23.6. The number of hydrogen-bond acceptors (Lipinski definition) is 5. The zero-order valence-electron chi connectivity index (χ0n) is 18.6. The fourth-order valence-corrected chi connectivity index (χ4v) is 4.66. The molecule has 0 radical (unpaired) electrons. The molecule has 9 heteroatoms. The van der Waals surface area contributed by atoms with E-state index in [0.717, 1.165) is 36.8 Å². The van der Waals surface area contributed by atoms with Gasteiger partial charge in [-0.3, -0.25) is 4.79 Å². The highest BCUT2D eigenvalue weighted by molar-refractivity contribution is 7.90. The number of aromatic nitrogens is 2. The average Bonchev–Trinajstić information content (AvgIpc) is 3.39. The summed E-state index contributed by atoms with van der Waals surface area (Å²) in [6.45, 7) is 0.762. The second-order valence-electron chi connectivity index (χ2n) is 8.17. The Morgan fingerprint density at radius 1 is 1.18 bits per heavy atom. The smallest absolute Gasteiger partial charge is 0.274 e. The van der Waals surface area contributed by atoms with Gasteiger partial charge in [0.2, 0.25) is 0 Å². The van der Waals surface area contributed by atoms with Gasteiger partial charge in [0, 0.05) is 31.1 Å². The summed E-state index contributed by atoms with van der Waals surface area (Å²) in [5.74, 6) is -0.116. The van der Waals surface area contributed by atoms with Gasteiger partial charge in [0.05, 0.1) is 11.5 Å². The van der Waals surface area contributed by atoms with Crippen LogP contribution in [-0.2, 0) is 22.7 Å². The molecule has 0 saturated heterocycles. The SMILES string of the molecule is CN(CCCOc1cccc(S(C)(=O)=O)c1)C(=O)c1nn(-c2ccccc2F)c2c1CCC2. The summed E-state index contributed by atoms with van der Waals surface area (Å²) >= 11 is 0. The number of halogens is 1. The number of rotatable bonds is 8. The molecule has 0 fully saturated rings. The van der Waals surface area contributed by atoms with E-state index in [0.29, 0.717) is 36.7 Å². The van der Waals surface area contributed by atoms with Crippen molar-refractivity contribution in [2.75, 3.05) is 26.5 Å². The Kier molecular flexibility index (Phi) is 6.51. The third-order valence-electron chi connectivity index (χ3n) is 5.70. The minimum atomic E-state index is -3.30. The van der Waals surface area contributed by atoms with Crippen molar-refractivity contribution in [1.82, 2.24) is 14.7 Å². The fraction of sp³-hybridized carbons (Fsp3) is 0.333. The average molecular weight is 472 g/mol. The molecule has 0 N–H and O–H groups in total. The highest BCUT2D eigenvalue weighted by Gasteiger charge is 2.29. The summed E-state index contributed by atoms with van der Waals surface area (Å²) in [5, 5.41) is 4.49. The Labute approximate surface area is 192 Å². The maximum Gasteiger partial charge on any atom is 0.274 e. The van der Waals surface area contributed by atoms with E-state index in [4.69, 9.17) is 4.74 Å². The van der Waals surface area contributed by atoms with Crippen molar-refractivity contribution in [1.29, 1.82) is 0 Å². The Morgan fingerprint density at radius 2 is 1.97 bits per heavy atom. The normalized spacial score (nSPS) is 13.1. The molecule has 33 heavy (non-hydrogen) atoms. The summed E-state index contributed by atoms with van der Waals surface area (Å²) in [6, 6.07) is 12.8. The van der Waals surface area contributed by atoms with Crippen molar-refractivity contribution in [3.05, 3.63) is 71.3 Å². The Hall–Kier alpha value is -3.20. The summed E-state index contributed by atoms with van der Waals surface area (Å²) in [7, 11) is -1.60. The van der Waals surface area contributed by atoms with Gasteiger partial charge < -0.3 is 9.64 Å². The van der Waals surface area contributed by atoms with Gasteiger partial charge in [0.25, 0.3) is 5.91 Å². The number of nitrogens with zero attached hydrogens (tertiary/aromatic N) is 3. The first-order chi connectivity index (χ1) is 15.8. The van der Waals surface area contributed by atoms with Crippen molar-refractivity contribution in [3.63, 3.8) is 0 Å². The van der Waals surface area contributed by atoms with E-state index in [9.17, 15) is 17.6 Å². The van der Waals surface area contributed by atoms with Crippen molar-refractivity contribution < 1.29 is 22.3 Å². The van der Waals surface area contributed by atoms with Crippen molar-refractivity contribution >= 4 is 15.7 Å². The molecule has 3 aromatic rings. The number of benzene rings is 2. The van der Waals surface area contributed by atoms with Gasteiger partial charge in [-0.15, -0.1) is 0 Å². The first-order valence-corrected chi connectivity index (χ1v) is 12.7. The van der Waals surface area contributed by atoms with Crippen LogP contribution < -0.4 is 4.74 Å². The molecule has 1 aliphatic rings. The lowest BCUT2D eigenvalue weighted by Crippen LogP contribution is -2.29. The van der Waals surface area contributed by atoms with Crippen molar-refractivity contribution in [3.8, 4) is 11.4 Å². The van der Waals surface area contributed by atoms with Crippen LogP contribution in [0.25, 0.3) is 5.69 Å². The number of ether oxygens (including phenoxy) is 1. The molecule has 1 amide bonds. The van der Waals surface area contributed by atoms with Crippen molar-refractivity contribution in [2.24, 2.45) is 0 Å². The van der Waals surface area contributed by atoms with Crippen LogP contribution in [0.3, 0.4) is 0 Å². The van der Waals surface area contributed by atoms with Gasteiger partial charge in [0.1, 0.15) is 17.3 Å². The lowest BCUT2D eigenvalue weighted by Gasteiger charge is -2.17. The standard InChI is InChI=1S/C24H26FN3O4S/c1-27(14-7-15-32-17-8-5-9-18(16-17)33(2,30)31)24(29)23-19-10-6-13-21(19)28(26-23)22-12-4-3-11-20(22)25/h3-5,8-9,11-12,16H,6-7,10,13-15H2,1-2H3. The molecule has 2 aromatic carbocycles. The third-order valence-corrected chi connectivity index (χ3v) is 6.81. The predicted octanol–water partition coefficient (Wildman–Crippen LogP) is 3.44. The summed E-state index contributed by atoms with van der Waals surface area (Å²) < 4.78 is 44.9. The molecule has 0 unspecified atom stereocenters. The summed E-state index contributed by atoms with van der Waals surface area (Å²) in [4.78, 5) is 14.9. The molecule has 0 aliphatic heterocycles. The minimum Gasteiger partial charge on any atom is -0.493 e. The fourth-order valence-electron chi connectivity index (χ4n) is 4.00. The maximum absolute atomic E-state index is 14.3. The van der Waals surface area contributed by atoms with Crippen LogP contribution in [0.4, 0.5) is 4.39 Å². The maximum atomic E-state index is 14.3. The van der Waals surface area contributed by atoms with E-state index in [-0.39, 0.29) is 16.6 Å². The highest BCUT2D eigenvalue weighted by atomic mass is 32.2. The Morgan fingerprint density at radius 3 is 2.73 bits per heavy atom. The van der Waals surface area contributed by atoms with Crippen molar-refractivity contribution in [2.45, 2.75) is 30.6 Å². The van der Waals surface area contributed by atoms with Crippen LogP contribution in [-0.4, -0.2) is 55.5 Å².